The summed E-state index contributed by atoms with van der Waals surface area (Å²) in [5.41, 5.74) is 3.42. The van der Waals surface area contributed by atoms with Gasteiger partial charge in [0.15, 0.2) is 0 Å². The number of nitrogens with one attached hydrogen (secondary N) is 2. The molecule has 1 saturated heterocycles. The minimum Gasteiger partial charge on any atom is -0.372 e. The maximum Gasteiger partial charge on any atom is 0.252 e. The number of aryl methyl sites for hydroxylation is 1. The molecule has 2 N–H and O–H groups in total. The van der Waals surface area contributed by atoms with Crippen molar-refractivity contribution in [1.82, 2.24) is 5.32 Å². The van der Waals surface area contributed by atoms with E-state index in [9.17, 15) is 9.59 Å². The Kier molecular flexibility index (Phi) is 6.91. The number of carbonyl (C=O) groups is 2. The van der Waals surface area contributed by atoms with Crippen molar-refractivity contribution in [1.29, 1.82) is 0 Å². The fourth-order valence-electron chi connectivity index (χ4n) is 3.71. The summed E-state index contributed by atoms with van der Waals surface area (Å²) in [5, 5.41) is 5.85. The van der Waals surface area contributed by atoms with Crippen LogP contribution in [0.25, 0.3) is 0 Å². The summed E-state index contributed by atoms with van der Waals surface area (Å²) in [6, 6.07) is 14.8. The van der Waals surface area contributed by atoms with Gasteiger partial charge in [0, 0.05) is 30.0 Å². The molecule has 2 amide bonds. The summed E-state index contributed by atoms with van der Waals surface area (Å²) in [6.45, 7) is 7.94. The predicted molar refractivity (Wildman–Crippen MR) is 118 cm³/mol. The largest absolute Gasteiger partial charge is 0.372 e. The molecule has 1 heterocycles. The van der Waals surface area contributed by atoms with Crippen LogP contribution in [0.5, 0.6) is 0 Å². The summed E-state index contributed by atoms with van der Waals surface area (Å²) in [7, 11) is 0. The zero-order valence-corrected chi connectivity index (χ0v) is 17.6. The number of piperidine rings is 1. The van der Waals surface area contributed by atoms with Crippen molar-refractivity contribution < 1.29 is 9.59 Å². The van der Waals surface area contributed by atoms with Gasteiger partial charge in [-0.15, -0.1) is 0 Å². The zero-order chi connectivity index (χ0) is 20.8. The number of anilines is 2. The molecule has 0 saturated carbocycles. The van der Waals surface area contributed by atoms with Crippen LogP contribution in [-0.2, 0) is 4.79 Å². The first kappa shape index (κ1) is 20.9. The first-order valence-corrected chi connectivity index (χ1v) is 10.5. The van der Waals surface area contributed by atoms with E-state index in [0.717, 1.165) is 24.3 Å². The second-order valence-electron chi connectivity index (χ2n) is 8.09. The maximum atomic E-state index is 12.9. The number of carbonyl (C=O) groups excluding carboxylic acids is 2. The minimum atomic E-state index is -0.608. The van der Waals surface area contributed by atoms with Gasteiger partial charge in [0.05, 0.1) is 0 Å². The molecule has 2 aromatic rings. The molecule has 1 aliphatic heterocycles. The third kappa shape index (κ3) is 5.37. The molecule has 1 fully saturated rings. The molecule has 3 rings (SSSR count). The summed E-state index contributed by atoms with van der Waals surface area (Å²) in [6.07, 6.45) is 3.76. The van der Waals surface area contributed by atoms with Gasteiger partial charge < -0.3 is 15.5 Å². The lowest BCUT2D eigenvalue weighted by molar-refractivity contribution is -0.118. The molecule has 0 aromatic heterocycles. The molecule has 29 heavy (non-hydrogen) atoms. The Labute approximate surface area is 173 Å². The van der Waals surface area contributed by atoms with Gasteiger partial charge in [-0.1, -0.05) is 32.0 Å². The normalized spacial score (nSPS) is 15.1. The third-order valence-corrected chi connectivity index (χ3v) is 5.48. The standard InChI is InChI=1S/C24H31N3O2/c1-17(2)22(26-23(28)21-10-6-5-9-18(21)3)24(29)25-19-11-13-20(14-12-19)27-15-7-4-8-16-27/h5-6,9-14,17,22H,4,7-8,15-16H2,1-3H3,(H,25,29)(H,26,28)/t22-/m0/s1. The number of amides is 2. The SMILES string of the molecule is Cc1ccccc1C(=O)N[C@H](C(=O)Nc1ccc(N2CCCCC2)cc1)C(C)C. The Morgan fingerprint density at radius 1 is 0.931 bits per heavy atom. The molecule has 0 unspecified atom stereocenters. The van der Waals surface area contributed by atoms with Crippen molar-refractivity contribution in [2.45, 2.75) is 46.1 Å². The van der Waals surface area contributed by atoms with E-state index in [2.05, 4.69) is 27.7 Å². The summed E-state index contributed by atoms with van der Waals surface area (Å²) >= 11 is 0. The molecular weight excluding hydrogens is 362 g/mol. The van der Waals surface area contributed by atoms with Crippen LogP contribution in [0.4, 0.5) is 11.4 Å². The van der Waals surface area contributed by atoms with Crippen LogP contribution in [-0.4, -0.2) is 30.9 Å². The topological polar surface area (TPSA) is 61.4 Å². The van der Waals surface area contributed by atoms with Crippen LogP contribution in [0.1, 0.15) is 49.0 Å². The molecule has 154 valence electrons. The van der Waals surface area contributed by atoms with Crippen LogP contribution < -0.4 is 15.5 Å². The molecule has 1 atom stereocenters. The van der Waals surface area contributed by atoms with Crippen LogP contribution in [0.2, 0.25) is 0 Å². The smallest absolute Gasteiger partial charge is 0.252 e. The first-order valence-electron chi connectivity index (χ1n) is 10.5. The van der Waals surface area contributed by atoms with E-state index in [-0.39, 0.29) is 17.7 Å². The number of nitrogens with zero attached hydrogens (tertiary/aromatic N) is 1. The highest BCUT2D eigenvalue weighted by atomic mass is 16.2. The van der Waals surface area contributed by atoms with Crippen molar-refractivity contribution in [3.05, 3.63) is 59.7 Å². The second kappa shape index (κ2) is 9.59. The van der Waals surface area contributed by atoms with E-state index in [4.69, 9.17) is 0 Å². The van der Waals surface area contributed by atoms with E-state index in [0.29, 0.717) is 5.56 Å². The van der Waals surface area contributed by atoms with Gasteiger partial charge in [0.2, 0.25) is 5.91 Å². The Hall–Kier alpha value is -2.82. The van der Waals surface area contributed by atoms with Gasteiger partial charge in [-0.3, -0.25) is 9.59 Å². The van der Waals surface area contributed by atoms with E-state index in [1.807, 2.05) is 51.1 Å². The Balaban J connectivity index is 1.65. The lowest BCUT2D eigenvalue weighted by atomic mass is 10.0. The molecule has 1 aliphatic rings. The van der Waals surface area contributed by atoms with E-state index in [1.54, 1.807) is 6.07 Å². The molecule has 0 spiro atoms. The van der Waals surface area contributed by atoms with Gasteiger partial charge in [-0.05, 0) is 68.0 Å². The van der Waals surface area contributed by atoms with E-state index in [1.165, 1.54) is 24.9 Å². The van der Waals surface area contributed by atoms with E-state index >= 15 is 0 Å². The van der Waals surface area contributed by atoms with Crippen LogP contribution >= 0.6 is 0 Å². The van der Waals surface area contributed by atoms with Crippen molar-refractivity contribution in [3.63, 3.8) is 0 Å². The summed E-state index contributed by atoms with van der Waals surface area (Å²) in [5.74, 6) is -0.458. The Morgan fingerprint density at radius 3 is 2.21 bits per heavy atom. The van der Waals surface area contributed by atoms with Gasteiger partial charge in [-0.25, -0.2) is 0 Å². The zero-order valence-electron chi connectivity index (χ0n) is 17.6. The molecule has 2 aromatic carbocycles. The number of hydrogen-bond acceptors (Lipinski definition) is 3. The minimum absolute atomic E-state index is 0.0319. The summed E-state index contributed by atoms with van der Waals surface area (Å²) < 4.78 is 0. The van der Waals surface area contributed by atoms with E-state index < -0.39 is 6.04 Å². The lowest BCUT2D eigenvalue weighted by Gasteiger charge is -2.29. The van der Waals surface area contributed by atoms with Crippen LogP contribution in [0.3, 0.4) is 0 Å². The van der Waals surface area contributed by atoms with Gasteiger partial charge in [0.25, 0.3) is 5.91 Å². The fraction of sp³-hybridized carbons (Fsp3) is 0.417. The molecule has 5 nitrogen and oxygen atoms in total. The molecular formula is C24H31N3O2. The van der Waals surface area contributed by atoms with Crippen molar-refractivity contribution in [2.24, 2.45) is 5.92 Å². The average molecular weight is 394 g/mol. The quantitative estimate of drug-likeness (QED) is 0.766. The fourth-order valence-corrected chi connectivity index (χ4v) is 3.71. The highest BCUT2D eigenvalue weighted by Crippen LogP contribution is 2.22. The van der Waals surface area contributed by atoms with Crippen molar-refractivity contribution >= 4 is 23.2 Å². The second-order valence-corrected chi connectivity index (χ2v) is 8.09. The molecule has 0 aliphatic carbocycles. The van der Waals surface area contributed by atoms with Gasteiger partial charge >= 0.3 is 0 Å². The third-order valence-electron chi connectivity index (χ3n) is 5.48. The molecule has 0 bridgehead atoms. The summed E-state index contributed by atoms with van der Waals surface area (Å²) in [4.78, 5) is 27.9. The lowest BCUT2D eigenvalue weighted by Crippen LogP contribution is -2.47. The number of hydrogen-bond donors (Lipinski definition) is 2. The Bertz CT molecular complexity index is 839. The molecule has 0 radical (unpaired) electrons. The predicted octanol–water partition coefficient (Wildman–Crippen LogP) is 4.38. The average Bonchev–Trinajstić information content (AvgIpc) is 2.73. The van der Waals surface area contributed by atoms with Crippen molar-refractivity contribution in [2.75, 3.05) is 23.3 Å². The van der Waals surface area contributed by atoms with Gasteiger partial charge in [-0.2, -0.15) is 0 Å². The maximum absolute atomic E-state index is 12.9. The van der Waals surface area contributed by atoms with Crippen LogP contribution in [0.15, 0.2) is 48.5 Å². The van der Waals surface area contributed by atoms with Gasteiger partial charge in [0.1, 0.15) is 6.04 Å². The highest BCUT2D eigenvalue weighted by molar-refractivity contribution is 6.02. The Morgan fingerprint density at radius 2 is 1.59 bits per heavy atom. The first-order chi connectivity index (χ1) is 14.0. The van der Waals surface area contributed by atoms with Crippen molar-refractivity contribution in [3.8, 4) is 0 Å². The highest BCUT2D eigenvalue weighted by Gasteiger charge is 2.25. The number of benzene rings is 2. The monoisotopic (exact) mass is 393 g/mol. The molecule has 5 heteroatoms. The number of rotatable bonds is 6. The van der Waals surface area contributed by atoms with Crippen LogP contribution in [0, 0.1) is 12.8 Å².